The first kappa shape index (κ1) is 16.4. The number of hydrogen-bond acceptors (Lipinski definition) is 3. The van der Waals surface area contributed by atoms with Crippen LogP contribution in [0.5, 0.6) is 0 Å². The summed E-state index contributed by atoms with van der Waals surface area (Å²) >= 11 is 1.54. The van der Waals surface area contributed by atoms with Gasteiger partial charge in [-0.3, -0.25) is 9.59 Å². The molecule has 4 nitrogen and oxygen atoms in total. The molecule has 1 heterocycles. The molecule has 2 N–H and O–H groups in total. The van der Waals surface area contributed by atoms with Crippen LogP contribution >= 0.6 is 11.8 Å². The van der Waals surface area contributed by atoms with Crippen LogP contribution < -0.4 is 10.6 Å². The smallest absolute Gasteiger partial charge is 0.243 e. The van der Waals surface area contributed by atoms with Crippen molar-refractivity contribution in [1.82, 2.24) is 10.6 Å². The molecule has 0 aromatic heterocycles. The van der Waals surface area contributed by atoms with Crippen LogP contribution in [-0.2, 0) is 16.0 Å². The third-order valence-corrected chi connectivity index (χ3v) is 6.22. The zero-order valence-electron chi connectivity index (χ0n) is 13.9. The number of benzene rings is 1. The van der Waals surface area contributed by atoms with Gasteiger partial charge >= 0.3 is 0 Å². The van der Waals surface area contributed by atoms with Crippen LogP contribution in [0.25, 0.3) is 0 Å². The summed E-state index contributed by atoms with van der Waals surface area (Å²) in [6, 6.07) is 7.89. The molecular formula is C18H24N2O2S. The summed E-state index contributed by atoms with van der Waals surface area (Å²) in [6.45, 7) is 5.89. The molecule has 1 aromatic rings. The summed E-state index contributed by atoms with van der Waals surface area (Å²) in [7, 11) is 0. The molecule has 0 spiro atoms. The van der Waals surface area contributed by atoms with Crippen molar-refractivity contribution in [1.29, 1.82) is 0 Å². The number of amides is 2. The highest BCUT2D eigenvalue weighted by Gasteiger charge is 2.46. The van der Waals surface area contributed by atoms with E-state index in [-0.39, 0.29) is 17.4 Å². The summed E-state index contributed by atoms with van der Waals surface area (Å²) in [4.78, 5) is 24.6. The predicted octanol–water partition coefficient (Wildman–Crippen LogP) is 2.20. The first-order valence-corrected chi connectivity index (χ1v) is 9.11. The second-order valence-corrected chi connectivity index (χ2v) is 8.86. The highest BCUT2D eigenvalue weighted by molar-refractivity contribution is 8.01. The Kier molecular flexibility index (Phi) is 4.17. The first-order valence-electron chi connectivity index (χ1n) is 8.13. The third kappa shape index (κ3) is 3.55. The van der Waals surface area contributed by atoms with Gasteiger partial charge in [0.1, 0.15) is 6.04 Å². The normalized spacial score (nSPS) is 24.7. The van der Waals surface area contributed by atoms with Crippen molar-refractivity contribution in [2.45, 2.75) is 56.4 Å². The van der Waals surface area contributed by atoms with Crippen LogP contribution in [-0.4, -0.2) is 33.9 Å². The van der Waals surface area contributed by atoms with Crippen LogP contribution in [0.15, 0.2) is 24.3 Å². The maximum Gasteiger partial charge on any atom is 0.243 e. The molecule has 3 rings (SSSR count). The van der Waals surface area contributed by atoms with Crippen molar-refractivity contribution < 1.29 is 9.59 Å². The van der Waals surface area contributed by atoms with Gasteiger partial charge in [0.2, 0.25) is 11.8 Å². The first-order chi connectivity index (χ1) is 10.8. The molecule has 1 saturated carbocycles. The van der Waals surface area contributed by atoms with Crippen molar-refractivity contribution in [2.24, 2.45) is 0 Å². The molecule has 1 saturated heterocycles. The van der Waals surface area contributed by atoms with E-state index in [1.807, 2.05) is 26.0 Å². The Bertz CT molecular complexity index is 638. The van der Waals surface area contributed by atoms with Gasteiger partial charge in [0.25, 0.3) is 0 Å². The molecule has 1 aliphatic carbocycles. The average molecular weight is 332 g/mol. The van der Waals surface area contributed by atoms with Gasteiger partial charge in [0.15, 0.2) is 0 Å². The fourth-order valence-corrected chi connectivity index (χ4v) is 3.90. The Morgan fingerprint density at radius 1 is 1.35 bits per heavy atom. The van der Waals surface area contributed by atoms with Crippen molar-refractivity contribution in [2.75, 3.05) is 5.75 Å². The SMILES string of the molecule is Cc1ccccc1CC1(NC(=O)C2CSC(C)(C)C(=O)N2)CC1. The van der Waals surface area contributed by atoms with E-state index in [1.54, 1.807) is 11.8 Å². The molecule has 2 fully saturated rings. The van der Waals surface area contributed by atoms with E-state index in [0.717, 1.165) is 19.3 Å². The van der Waals surface area contributed by atoms with Gasteiger partial charge in [-0.1, -0.05) is 24.3 Å². The molecule has 124 valence electrons. The maximum absolute atomic E-state index is 12.5. The van der Waals surface area contributed by atoms with E-state index in [2.05, 4.69) is 29.7 Å². The van der Waals surface area contributed by atoms with Gasteiger partial charge in [-0.05, 0) is 51.2 Å². The molecule has 2 amide bonds. The van der Waals surface area contributed by atoms with Gasteiger partial charge in [-0.15, -0.1) is 11.8 Å². The second kappa shape index (κ2) is 5.86. The van der Waals surface area contributed by atoms with Crippen LogP contribution in [0, 0.1) is 6.92 Å². The number of carbonyl (C=O) groups excluding carboxylic acids is 2. The summed E-state index contributed by atoms with van der Waals surface area (Å²) in [6.07, 6.45) is 2.88. The predicted molar refractivity (Wildman–Crippen MR) is 93.5 cm³/mol. The quantitative estimate of drug-likeness (QED) is 0.889. The van der Waals surface area contributed by atoms with Crippen molar-refractivity contribution in [3.05, 3.63) is 35.4 Å². The van der Waals surface area contributed by atoms with E-state index in [1.165, 1.54) is 11.1 Å². The Labute approximate surface area is 141 Å². The minimum Gasteiger partial charge on any atom is -0.349 e. The molecule has 0 radical (unpaired) electrons. The van der Waals surface area contributed by atoms with Gasteiger partial charge in [0, 0.05) is 11.3 Å². The molecule has 0 bridgehead atoms. The molecular weight excluding hydrogens is 308 g/mol. The monoisotopic (exact) mass is 332 g/mol. The largest absolute Gasteiger partial charge is 0.349 e. The van der Waals surface area contributed by atoms with Gasteiger partial charge in [0.05, 0.1) is 4.75 Å². The van der Waals surface area contributed by atoms with Crippen molar-refractivity contribution in [3.63, 3.8) is 0 Å². The van der Waals surface area contributed by atoms with Crippen LogP contribution in [0.4, 0.5) is 0 Å². The lowest BCUT2D eigenvalue weighted by Crippen LogP contribution is -2.58. The minimum absolute atomic E-state index is 0.0487. The molecule has 5 heteroatoms. The lowest BCUT2D eigenvalue weighted by atomic mass is 9.99. The average Bonchev–Trinajstić information content (AvgIpc) is 3.24. The second-order valence-electron chi connectivity index (χ2n) is 7.22. The van der Waals surface area contributed by atoms with E-state index in [0.29, 0.717) is 5.75 Å². The molecule has 1 atom stereocenters. The summed E-state index contributed by atoms with van der Waals surface area (Å²) in [5.74, 6) is 0.524. The third-order valence-electron chi connectivity index (χ3n) is 4.81. The van der Waals surface area contributed by atoms with Gasteiger partial charge in [-0.25, -0.2) is 0 Å². The zero-order valence-corrected chi connectivity index (χ0v) is 14.8. The van der Waals surface area contributed by atoms with E-state index < -0.39 is 10.8 Å². The highest BCUT2D eigenvalue weighted by atomic mass is 32.2. The van der Waals surface area contributed by atoms with Gasteiger partial charge < -0.3 is 10.6 Å². The van der Waals surface area contributed by atoms with E-state index in [4.69, 9.17) is 0 Å². The Morgan fingerprint density at radius 3 is 2.65 bits per heavy atom. The summed E-state index contributed by atoms with van der Waals surface area (Å²) < 4.78 is -0.449. The topological polar surface area (TPSA) is 58.2 Å². The Morgan fingerprint density at radius 2 is 2.04 bits per heavy atom. The standard InChI is InChI=1S/C18H24N2O2S/c1-12-6-4-5-7-13(12)10-18(8-9-18)20-15(21)14-11-23-17(2,3)16(22)19-14/h4-7,14H,8-11H2,1-3H3,(H,19,22)(H,20,21). The van der Waals surface area contributed by atoms with E-state index in [9.17, 15) is 9.59 Å². The molecule has 1 aromatic carbocycles. The molecule has 2 aliphatic rings. The van der Waals surface area contributed by atoms with Gasteiger partial charge in [-0.2, -0.15) is 0 Å². The Balaban J connectivity index is 1.62. The number of aryl methyl sites for hydroxylation is 1. The fourth-order valence-electron chi connectivity index (χ4n) is 2.89. The zero-order chi connectivity index (χ0) is 16.7. The number of rotatable bonds is 4. The molecule has 1 unspecified atom stereocenters. The van der Waals surface area contributed by atoms with Crippen LogP contribution in [0.2, 0.25) is 0 Å². The number of thioether (sulfide) groups is 1. The summed E-state index contributed by atoms with van der Waals surface area (Å²) in [5.41, 5.74) is 2.43. The van der Waals surface area contributed by atoms with Crippen molar-refractivity contribution in [3.8, 4) is 0 Å². The Hall–Kier alpha value is -1.49. The summed E-state index contributed by atoms with van der Waals surface area (Å²) in [5, 5.41) is 6.05. The molecule has 23 heavy (non-hydrogen) atoms. The number of hydrogen-bond donors (Lipinski definition) is 2. The minimum atomic E-state index is -0.449. The van der Waals surface area contributed by atoms with Crippen LogP contribution in [0.3, 0.4) is 0 Å². The number of nitrogens with one attached hydrogen (secondary N) is 2. The van der Waals surface area contributed by atoms with E-state index >= 15 is 0 Å². The fraction of sp³-hybridized carbons (Fsp3) is 0.556. The molecule has 1 aliphatic heterocycles. The maximum atomic E-state index is 12.5. The van der Waals surface area contributed by atoms with Crippen LogP contribution in [0.1, 0.15) is 37.8 Å². The number of carbonyl (C=O) groups is 2. The highest BCUT2D eigenvalue weighted by Crippen LogP contribution is 2.39. The van der Waals surface area contributed by atoms with Crippen molar-refractivity contribution >= 4 is 23.6 Å². The lowest BCUT2D eigenvalue weighted by molar-refractivity contribution is -0.130. The lowest BCUT2D eigenvalue weighted by Gasteiger charge is -2.33.